The van der Waals surface area contributed by atoms with Crippen LogP contribution in [0.2, 0.25) is 0 Å². The second-order valence-corrected chi connectivity index (χ2v) is 4.40. The number of pyridine rings is 1. The molecule has 0 radical (unpaired) electrons. The van der Waals surface area contributed by atoms with Gasteiger partial charge in [0, 0.05) is 18.1 Å². The van der Waals surface area contributed by atoms with Crippen molar-refractivity contribution in [1.29, 1.82) is 0 Å². The van der Waals surface area contributed by atoms with E-state index in [0.717, 1.165) is 17.0 Å². The molecule has 0 aliphatic heterocycles. The van der Waals surface area contributed by atoms with Crippen molar-refractivity contribution in [3.05, 3.63) is 48.2 Å². The predicted octanol–water partition coefficient (Wildman–Crippen LogP) is 1.33. The summed E-state index contributed by atoms with van der Waals surface area (Å²) in [6.07, 6.45) is 5.33. The summed E-state index contributed by atoms with van der Waals surface area (Å²) in [5, 5.41) is 3.24. The standard InChI is InChI=1S/C13H15N7/c1-9-3-2-4-10(17-9)7-16-12-13-15-5-6-20(13)8-11(18-12)19-14/h2-6,8,19H,7,14H2,1H3,(H,16,18). The van der Waals surface area contributed by atoms with Crippen molar-refractivity contribution in [2.75, 3.05) is 10.7 Å². The fraction of sp³-hybridized carbons (Fsp3) is 0.154. The van der Waals surface area contributed by atoms with Gasteiger partial charge in [0.15, 0.2) is 17.3 Å². The molecule has 0 bridgehead atoms. The third-order valence-electron chi connectivity index (χ3n) is 2.90. The zero-order chi connectivity index (χ0) is 13.9. The molecule has 3 aromatic rings. The number of aryl methyl sites for hydroxylation is 1. The Morgan fingerprint density at radius 2 is 2.20 bits per heavy atom. The highest BCUT2D eigenvalue weighted by Gasteiger charge is 2.07. The van der Waals surface area contributed by atoms with Crippen molar-refractivity contribution in [2.45, 2.75) is 13.5 Å². The first-order valence-electron chi connectivity index (χ1n) is 6.23. The van der Waals surface area contributed by atoms with Crippen LogP contribution in [-0.2, 0) is 6.54 Å². The molecule has 3 heterocycles. The van der Waals surface area contributed by atoms with Gasteiger partial charge >= 0.3 is 0 Å². The van der Waals surface area contributed by atoms with Gasteiger partial charge in [-0.25, -0.2) is 15.8 Å². The van der Waals surface area contributed by atoms with Crippen molar-refractivity contribution in [3.8, 4) is 0 Å². The van der Waals surface area contributed by atoms with Gasteiger partial charge in [-0.15, -0.1) is 0 Å². The number of hydrogen-bond donors (Lipinski definition) is 3. The monoisotopic (exact) mass is 269 g/mol. The molecule has 0 unspecified atom stereocenters. The van der Waals surface area contributed by atoms with Crippen LogP contribution in [-0.4, -0.2) is 19.4 Å². The number of nitrogens with one attached hydrogen (secondary N) is 2. The molecule has 0 saturated carbocycles. The van der Waals surface area contributed by atoms with Gasteiger partial charge in [-0.1, -0.05) is 6.07 Å². The van der Waals surface area contributed by atoms with Gasteiger partial charge in [-0.3, -0.25) is 4.98 Å². The average Bonchev–Trinajstić information content (AvgIpc) is 2.93. The van der Waals surface area contributed by atoms with E-state index < -0.39 is 0 Å². The second-order valence-electron chi connectivity index (χ2n) is 4.40. The van der Waals surface area contributed by atoms with E-state index in [9.17, 15) is 0 Å². The van der Waals surface area contributed by atoms with Crippen LogP contribution in [0.15, 0.2) is 36.8 Å². The fourth-order valence-corrected chi connectivity index (χ4v) is 1.99. The summed E-state index contributed by atoms with van der Waals surface area (Å²) < 4.78 is 1.86. The maximum atomic E-state index is 5.42. The number of aromatic nitrogens is 4. The maximum absolute atomic E-state index is 5.42. The van der Waals surface area contributed by atoms with Gasteiger partial charge in [-0.05, 0) is 19.1 Å². The van der Waals surface area contributed by atoms with Gasteiger partial charge in [0.25, 0.3) is 0 Å². The number of hydrogen-bond acceptors (Lipinski definition) is 6. The Labute approximate surface area is 115 Å². The van der Waals surface area contributed by atoms with Crippen LogP contribution in [0.3, 0.4) is 0 Å². The highest BCUT2D eigenvalue weighted by atomic mass is 15.3. The highest BCUT2D eigenvalue weighted by Crippen LogP contribution is 2.16. The number of rotatable bonds is 4. The van der Waals surface area contributed by atoms with Gasteiger partial charge in [0.05, 0.1) is 18.4 Å². The summed E-state index contributed by atoms with van der Waals surface area (Å²) in [5.41, 5.74) is 5.22. The minimum atomic E-state index is 0.565. The van der Waals surface area contributed by atoms with Gasteiger partial charge in [0.2, 0.25) is 0 Å². The number of nitrogen functional groups attached to an aromatic ring is 1. The van der Waals surface area contributed by atoms with E-state index in [0.29, 0.717) is 18.2 Å². The smallest absolute Gasteiger partial charge is 0.180 e. The van der Waals surface area contributed by atoms with Gasteiger partial charge in [0.1, 0.15) is 0 Å². The van der Waals surface area contributed by atoms with Crippen LogP contribution in [0.4, 0.5) is 11.6 Å². The zero-order valence-electron chi connectivity index (χ0n) is 11.0. The van der Waals surface area contributed by atoms with E-state index in [4.69, 9.17) is 5.84 Å². The zero-order valence-corrected chi connectivity index (χ0v) is 11.0. The Hall–Kier alpha value is -2.67. The van der Waals surface area contributed by atoms with E-state index in [1.54, 1.807) is 12.4 Å². The van der Waals surface area contributed by atoms with Gasteiger partial charge in [-0.2, -0.15) is 0 Å². The summed E-state index contributed by atoms with van der Waals surface area (Å²) in [5.74, 6) is 6.65. The molecule has 0 fully saturated rings. The van der Waals surface area contributed by atoms with Crippen LogP contribution >= 0.6 is 0 Å². The Bertz CT molecular complexity index is 734. The Morgan fingerprint density at radius 3 is 3.00 bits per heavy atom. The van der Waals surface area contributed by atoms with Crippen LogP contribution in [0.1, 0.15) is 11.4 Å². The molecule has 7 nitrogen and oxygen atoms in total. The second kappa shape index (κ2) is 5.14. The largest absolute Gasteiger partial charge is 0.361 e. The molecule has 0 aliphatic rings. The quantitative estimate of drug-likeness (QED) is 0.489. The number of anilines is 2. The van der Waals surface area contributed by atoms with Gasteiger partial charge < -0.3 is 15.1 Å². The number of imidazole rings is 1. The molecule has 7 heteroatoms. The molecule has 0 saturated heterocycles. The molecule has 0 aromatic carbocycles. The molecule has 3 rings (SSSR count). The lowest BCUT2D eigenvalue weighted by molar-refractivity contribution is 0.995. The summed E-state index contributed by atoms with van der Waals surface area (Å²) in [6, 6.07) is 5.91. The summed E-state index contributed by atoms with van der Waals surface area (Å²) in [4.78, 5) is 13.1. The van der Waals surface area contributed by atoms with Crippen LogP contribution < -0.4 is 16.6 Å². The Morgan fingerprint density at radius 1 is 1.30 bits per heavy atom. The van der Waals surface area contributed by atoms with E-state index in [2.05, 4.69) is 25.7 Å². The number of nitrogens with two attached hydrogens (primary N) is 1. The van der Waals surface area contributed by atoms with E-state index in [1.807, 2.05) is 35.7 Å². The van der Waals surface area contributed by atoms with Crippen LogP contribution in [0.25, 0.3) is 5.65 Å². The molecule has 0 amide bonds. The molecule has 20 heavy (non-hydrogen) atoms. The van der Waals surface area contributed by atoms with Crippen molar-refractivity contribution in [2.24, 2.45) is 5.84 Å². The number of hydrazine groups is 1. The molecule has 0 aliphatic carbocycles. The normalized spacial score (nSPS) is 10.7. The molecular formula is C13H15N7. The third kappa shape index (κ3) is 2.39. The summed E-state index contributed by atoms with van der Waals surface area (Å²) in [6.45, 7) is 2.54. The lowest BCUT2D eigenvalue weighted by Gasteiger charge is -2.09. The first-order valence-corrected chi connectivity index (χ1v) is 6.23. The van der Waals surface area contributed by atoms with E-state index in [1.165, 1.54) is 0 Å². The Kier molecular flexibility index (Phi) is 3.18. The molecule has 102 valence electrons. The van der Waals surface area contributed by atoms with Crippen molar-refractivity contribution in [1.82, 2.24) is 19.4 Å². The van der Waals surface area contributed by atoms with Crippen molar-refractivity contribution >= 4 is 17.3 Å². The van der Waals surface area contributed by atoms with Crippen molar-refractivity contribution in [3.63, 3.8) is 0 Å². The fourth-order valence-electron chi connectivity index (χ4n) is 1.99. The SMILES string of the molecule is Cc1cccc(CNc2nc(NN)cn3ccnc23)n1. The van der Waals surface area contributed by atoms with Crippen molar-refractivity contribution < 1.29 is 0 Å². The maximum Gasteiger partial charge on any atom is 0.180 e. The van der Waals surface area contributed by atoms with Crippen LogP contribution in [0, 0.1) is 6.92 Å². The van der Waals surface area contributed by atoms with E-state index in [-0.39, 0.29) is 0 Å². The molecular weight excluding hydrogens is 254 g/mol. The first kappa shape index (κ1) is 12.4. The topological polar surface area (TPSA) is 93.2 Å². The first-order chi connectivity index (χ1) is 9.76. The minimum Gasteiger partial charge on any atom is -0.361 e. The summed E-state index contributed by atoms with van der Waals surface area (Å²) in [7, 11) is 0. The lowest BCUT2D eigenvalue weighted by Crippen LogP contribution is -2.12. The molecule has 4 N–H and O–H groups in total. The summed E-state index contributed by atoms with van der Waals surface area (Å²) >= 11 is 0. The molecule has 3 aromatic heterocycles. The number of fused-ring (bicyclic) bond motifs is 1. The number of nitrogens with zero attached hydrogens (tertiary/aromatic N) is 4. The third-order valence-corrected chi connectivity index (χ3v) is 2.90. The molecule has 0 atom stereocenters. The minimum absolute atomic E-state index is 0.565. The van der Waals surface area contributed by atoms with Crippen LogP contribution in [0.5, 0.6) is 0 Å². The Balaban J connectivity index is 1.88. The highest BCUT2D eigenvalue weighted by molar-refractivity contribution is 5.65. The lowest BCUT2D eigenvalue weighted by atomic mass is 10.3. The average molecular weight is 269 g/mol. The predicted molar refractivity (Wildman–Crippen MR) is 77.1 cm³/mol. The van der Waals surface area contributed by atoms with E-state index >= 15 is 0 Å². The molecule has 0 spiro atoms.